The number of unbranched alkanes of at least 4 members (excludes halogenated alkanes) is 15. The highest BCUT2D eigenvalue weighted by Crippen LogP contribution is 2.23. The zero-order chi connectivity index (χ0) is 25.3. The summed E-state index contributed by atoms with van der Waals surface area (Å²) in [6.07, 6.45) is 23.4. The Hall–Kier alpha value is -1.40. The van der Waals surface area contributed by atoms with Gasteiger partial charge in [-0.2, -0.15) is 12.8 Å². The maximum Gasteiger partial charge on any atom is 0.282 e. The van der Waals surface area contributed by atoms with Crippen LogP contribution in [0.3, 0.4) is 0 Å². The second-order valence-corrected chi connectivity index (χ2v) is 12.3. The van der Waals surface area contributed by atoms with Crippen molar-refractivity contribution in [3.63, 3.8) is 0 Å². The Balaban J connectivity index is 0.000000398. The molecule has 0 aliphatic carbocycles. The fourth-order valence-corrected chi connectivity index (χ4v) is 5.31. The summed E-state index contributed by atoms with van der Waals surface area (Å²) >= 11 is 0. The Morgan fingerprint density at radius 1 is 0.706 bits per heavy atom. The highest BCUT2D eigenvalue weighted by Gasteiger charge is 2.22. The van der Waals surface area contributed by atoms with Gasteiger partial charge in [0.05, 0.1) is 32.6 Å². The van der Waals surface area contributed by atoms with Gasteiger partial charge in [0.25, 0.3) is 10.0 Å². The minimum absolute atomic E-state index is 0.00926. The molecule has 0 saturated carbocycles. The van der Waals surface area contributed by atoms with E-state index in [2.05, 4.69) is 32.5 Å². The summed E-state index contributed by atoms with van der Waals surface area (Å²) in [7, 11) is 3.21. The first-order valence-corrected chi connectivity index (χ1v) is 15.0. The Kier molecular flexibility index (Phi) is 15.4. The minimum atomic E-state index is -3.68. The summed E-state index contributed by atoms with van der Waals surface area (Å²) < 4.78 is 26.3. The number of rotatable bonds is 17. The van der Waals surface area contributed by atoms with E-state index in [-0.39, 0.29) is 10.5 Å². The summed E-state index contributed by atoms with van der Waals surface area (Å²) in [5, 5.41) is 10.9. The topological polar surface area (TPSA) is 69.6 Å². The molecule has 1 heterocycles. The van der Waals surface area contributed by atoms with Crippen LogP contribution >= 0.6 is 0 Å². The molecule has 0 atom stereocenters. The van der Waals surface area contributed by atoms with Gasteiger partial charge in [0.15, 0.2) is 0 Å². The molecule has 0 unspecified atom stereocenters. The lowest BCUT2D eigenvalue weighted by molar-refractivity contribution is -0.870. The molecule has 6 heteroatoms. The molecule has 0 bridgehead atoms. The molecule has 0 aromatic heterocycles. The highest BCUT2D eigenvalue weighted by atomic mass is 32.2. The summed E-state index contributed by atoms with van der Waals surface area (Å²) in [6.45, 7) is 3.63. The van der Waals surface area contributed by atoms with Crippen molar-refractivity contribution in [2.45, 2.75) is 115 Å². The van der Waals surface area contributed by atoms with Crippen molar-refractivity contribution in [2.75, 3.05) is 27.7 Å². The monoisotopic (exact) mass is 494 g/mol. The third-order valence-electron chi connectivity index (χ3n) is 6.28. The molecule has 1 aliphatic rings. The van der Waals surface area contributed by atoms with E-state index in [9.17, 15) is 13.5 Å². The molecule has 0 amide bonds. The number of fused-ring (bicyclic) bond motifs is 1. The Morgan fingerprint density at radius 2 is 1.12 bits per heavy atom. The van der Waals surface area contributed by atoms with E-state index in [4.69, 9.17) is 0 Å². The van der Waals surface area contributed by atoms with Crippen LogP contribution in [0.4, 0.5) is 0 Å². The molecular formula is C28H50N2O3S. The van der Waals surface area contributed by atoms with Crippen molar-refractivity contribution in [2.24, 2.45) is 4.40 Å². The van der Waals surface area contributed by atoms with Gasteiger partial charge < -0.3 is 9.59 Å². The second-order valence-electron chi connectivity index (χ2n) is 10.7. The van der Waals surface area contributed by atoms with E-state index in [1.807, 2.05) is 0 Å². The summed E-state index contributed by atoms with van der Waals surface area (Å²) in [5.74, 6) is -0.675. The van der Waals surface area contributed by atoms with Crippen LogP contribution in [0.25, 0.3) is 0 Å². The zero-order valence-electron chi connectivity index (χ0n) is 22.4. The molecule has 5 nitrogen and oxygen atoms in total. The van der Waals surface area contributed by atoms with E-state index in [0.717, 1.165) is 4.48 Å². The Bertz CT molecular complexity index is 798. The molecule has 34 heavy (non-hydrogen) atoms. The molecule has 0 fully saturated rings. The Labute approximate surface area is 210 Å². The molecule has 0 saturated heterocycles. The number of sulfonamides is 1. The van der Waals surface area contributed by atoms with Gasteiger partial charge in [-0.15, -0.1) is 0 Å². The van der Waals surface area contributed by atoms with Crippen LogP contribution in [0.15, 0.2) is 33.6 Å². The fraction of sp³-hybridized carbons (Fsp3) is 0.750. The third-order valence-corrected chi connectivity index (χ3v) is 7.60. The maximum absolute atomic E-state index is 11.1. The first-order valence-electron chi connectivity index (χ1n) is 13.6. The minimum Gasteiger partial charge on any atom is -0.858 e. The quantitative estimate of drug-likeness (QED) is 0.185. The third kappa shape index (κ3) is 14.1. The van der Waals surface area contributed by atoms with E-state index >= 15 is 0 Å². The molecule has 0 N–H and O–H groups in total. The number of quaternary nitrogens is 1. The van der Waals surface area contributed by atoms with Crippen LogP contribution in [0.5, 0.6) is 0 Å². The smallest absolute Gasteiger partial charge is 0.282 e. The van der Waals surface area contributed by atoms with Gasteiger partial charge in [-0.3, -0.25) is 0 Å². The molecular weight excluding hydrogens is 444 g/mol. The number of benzene rings is 1. The molecule has 2 rings (SSSR count). The normalized spacial score (nSPS) is 14.3. The van der Waals surface area contributed by atoms with E-state index in [0.29, 0.717) is 0 Å². The largest absolute Gasteiger partial charge is 0.858 e. The van der Waals surface area contributed by atoms with Crippen LogP contribution in [0.1, 0.15) is 115 Å². The van der Waals surface area contributed by atoms with Crippen molar-refractivity contribution in [1.29, 1.82) is 0 Å². The molecule has 196 valence electrons. The average molecular weight is 495 g/mol. The van der Waals surface area contributed by atoms with Gasteiger partial charge in [0.1, 0.15) is 0 Å². The molecule has 1 aliphatic heterocycles. The van der Waals surface area contributed by atoms with Gasteiger partial charge in [-0.25, -0.2) is 0 Å². The molecule has 1 aromatic rings. The van der Waals surface area contributed by atoms with Gasteiger partial charge in [-0.1, -0.05) is 115 Å². The van der Waals surface area contributed by atoms with E-state index in [1.54, 1.807) is 12.1 Å². The molecule has 0 spiro atoms. The van der Waals surface area contributed by atoms with Crippen molar-refractivity contribution in [1.82, 2.24) is 0 Å². The van der Waals surface area contributed by atoms with Crippen LogP contribution in [0, 0.1) is 0 Å². The van der Waals surface area contributed by atoms with Crippen molar-refractivity contribution in [3.8, 4) is 0 Å². The van der Waals surface area contributed by atoms with Crippen LogP contribution in [0.2, 0.25) is 0 Å². The number of nitrogens with zero attached hydrogens (tertiary/aromatic N) is 2. The van der Waals surface area contributed by atoms with E-state index in [1.165, 1.54) is 121 Å². The lowest BCUT2D eigenvalue weighted by Crippen LogP contribution is -2.35. The predicted molar refractivity (Wildman–Crippen MR) is 143 cm³/mol. The SMILES string of the molecule is CCCCCCCCCCCCCCCCCC[N+](C)(C)C.O=S1(=O)N=C([O-])c2ccccc21. The van der Waals surface area contributed by atoms with Crippen LogP contribution in [-0.2, 0) is 10.0 Å². The van der Waals surface area contributed by atoms with Crippen LogP contribution < -0.4 is 5.11 Å². The molecule has 1 aromatic carbocycles. The second kappa shape index (κ2) is 17.1. The standard InChI is InChI=1S/C21H46N.C7H5NO3S/c1-5-6-7-8-9-10-11-12-13-14-15-16-17-18-19-20-21-22(2,3)4;9-7-5-3-1-2-4-6(5)12(10,11)8-7/h5-21H2,1-4H3;1-4H,(H,8,9)/q+1;/p-1. The van der Waals surface area contributed by atoms with Gasteiger partial charge in [0, 0.05) is 11.5 Å². The van der Waals surface area contributed by atoms with Gasteiger partial charge in [-0.05, 0) is 18.9 Å². The molecule has 0 radical (unpaired) electrons. The van der Waals surface area contributed by atoms with Crippen molar-refractivity contribution >= 4 is 15.9 Å². The first-order chi connectivity index (χ1) is 16.2. The summed E-state index contributed by atoms with van der Waals surface area (Å²) in [4.78, 5) is 0.00926. The first kappa shape index (κ1) is 30.6. The lowest BCUT2D eigenvalue weighted by atomic mass is 10.0. The van der Waals surface area contributed by atoms with Crippen LogP contribution in [-0.4, -0.2) is 46.5 Å². The van der Waals surface area contributed by atoms with Gasteiger partial charge in [0.2, 0.25) is 0 Å². The summed E-state index contributed by atoms with van der Waals surface area (Å²) in [6, 6.07) is 5.99. The van der Waals surface area contributed by atoms with Crippen molar-refractivity contribution in [3.05, 3.63) is 29.8 Å². The summed E-state index contributed by atoms with van der Waals surface area (Å²) in [5.41, 5.74) is 0.164. The maximum atomic E-state index is 11.1. The Morgan fingerprint density at radius 3 is 1.53 bits per heavy atom. The van der Waals surface area contributed by atoms with Crippen molar-refractivity contribution < 1.29 is 18.0 Å². The lowest BCUT2D eigenvalue weighted by Gasteiger charge is -2.23. The zero-order valence-corrected chi connectivity index (χ0v) is 23.2. The van der Waals surface area contributed by atoms with E-state index < -0.39 is 15.9 Å². The highest BCUT2D eigenvalue weighted by molar-refractivity contribution is 7.90. The number of hydrogen-bond acceptors (Lipinski definition) is 3. The number of hydrogen-bond donors (Lipinski definition) is 0. The van der Waals surface area contributed by atoms with Gasteiger partial charge >= 0.3 is 0 Å². The predicted octanol–water partition coefficient (Wildman–Crippen LogP) is 6.45. The average Bonchev–Trinajstić information content (AvgIpc) is 3.02. The fourth-order valence-electron chi connectivity index (χ4n) is 4.21.